The molecule has 4 N–H and O–H groups in total. The van der Waals surface area contributed by atoms with Gasteiger partial charge in [0.05, 0.1) is 38.7 Å². The minimum absolute atomic E-state index is 0.0645. The minimum Gasteiger partial charge on any atom is -0.495 e. The number of aliphatic hydroxyl groups excluding tert-OH is 3. The van der Waals surface area contributed by atoms with E-state index in [2.05, 4.69) is 10.3 Å². The van der Waals surface area contributed by atoms with Crippen molar-refractivity contribution in [3.8, 4) is 5.75 Å². The van der Waals surface area contributed by atoms with Gasteiger partial charge in [0.1, 0.15) is 5.75 Å². The molecule has 0 saturated heterocycles. The summed E-state index contributed by atoms with van der Waals surface area (Å²) >= 11 is 0. The van der Waals surface area contributed by atoms with Gasteiger partial charge in [-0.3, -0.25) is 4.98 Å². The maximum atomic E-state index is 9.50. The van der Waals surface area contributed by atoms with Crippen LogP contribution >= 0.6 is 0 Å². The third-order valence-corrected chi connectivity index (χ3v) is 3.81. The van der Waals surface area contributed by atoms with Gasteiger partial charge in [-0.2, -0.15) is 0 Å². The van der Waals surface area contributed by atoms with Crippen LogP contribution in [0.4, 0.5) is 0 Å². The van der Waals surface area contributed by atoms with Gasteiger partial charge in [0.2, 0.25) is 0 Å². The second-order valence-corrected chi connectivity index (χ2v) is 5.25. The van der Waals surface area contributed by atoms with Gasteiger partial charge in [-0.15, -0.1) is 0 Å². The summed E-state index contributed by atoms with van der Waals surface area (Å²) in [6.07, 6.45) is 4.53. The quantitative estimate of drug-likeness (QED) is 0.555. The minimum atomic E-state index is -0.385. The van der Waals surface area contributed by atoms with Crippen molar-refractivity contribution in [2.45, 2.75) is 31.0 Å². The normalized spacial score (nSPS) is 23.4. The average Bonchev–Trinajstić information content (AvgIpc) is 2.46. The first kappa shape index (κ1) is 15.2. The zero-order chi connectivity index (χ0) is 14.5. The predicted molar refractivity (Wildman–Crippen MR) is 73.4 cm³/mol. The van der Waals surface area contributed by atoms with E-state index in [0.29, 0.717) is 18.6 Å². The number of rotatable bonds is 7. The first-order valence-electron chi connectivity index (χ1n) is 6.82. The first-order chi connectivity index (χ1) is 9.67. The van der Waals surface area contributed by atoms with Gasteiger partial charge in [-0.1, -0.05) is 0 Å². The number of pyridine rings is 1. The highest BCUT2D eigenvalue weighted by Crippen LogP contribution is 2.38. The van der Waals surface area contributed by atoms with E-state index in [0.717, 1.165) is 5.56 Å². The number of nitrogens with one attached hydrogen (secondary N) is 1. The number of ether oxygens (including phenoxy) is 1. The highest BCUT2D eigenvalue weighted by Gasteiger charge is 2.35. The van der Waals surface area contributed by atoms with E-state index in [1.165, 1.54) is 0 Å². The number of nitrogens with zero attached hydrogens (tertiary/aromatic N) is 1. The average molecular weight is 282 g/mol. The van der Waals surface area contributed by atoms with Crippen LogP contribution in [-0.4, -0.2) is 52.8 Å². The third-order valence-electron chi connectivity index (χ3n) is 3.81. The van der Waals surface area contributed by atoms with Crippen molar-refractivity contribution in [1.29, 1.82) is 0 Å². The van der Waals surface area contributed by atoms with E-state index in [4.69, 9.17) is 4.74 Å². The molecule has 0 amide bonds. The van der Waals surface area contributed by atoms with Gasteiger partial charge in [-0.05, 0) is 30.4 Å². The Labute approximate surface area is 118 Å². The van der Waals surface area contributed by atoms with Gasteiger partial charge in [0, 0.05) is 12.2 Å². The Morgan fingerprint density at radius 3 is 2.60 bits per heavy atom. The Balaban J connectivity index is 2.16. The molecule has 0 aliphatic heterocycles. The molecule has 1 aliphatic rings. The maximum Gasteiger partial charge on any atom is 0.137 e. The molecule has 0 aromatic carbocycles. The first-order valence-corrected chi connectivity index (χ1v) is 6.82. The number of aromatic nitrogens is 1. The van der Waals surface area contributed by atoms with Crippen LogP contribution in [0.1, 0.15) is 24.4 Å². The van der Waals surface area contributed by atoms with Crippen molar-refractivity contribution in [3.63, 3.8) is 0 Å². The molecule has 1 atom stereocenters. The van der Waals surface area contributed by atoms with Crippen LogP contribution in [0, 0.1) is 5.92 Å². The van der Waals surface area contributed by atoms with Gasteiger partial charge in [0.25, 0.3) is 0 Å². The lowest BCUT2D eigenvalue weighted by molar-refractivity contribution is 0.0177. The molecular formula is C14H22N2O4. The summed E-state index contributed by atoms with van der Waals surface area (Å²) in [4.78, 5) is 4.14. The van der Waals surface area contributed by atoms with Crippen LogP contribution in [0.15, 0.2) is 18.5 Å². The molecule has 1 aromatic heterocycles. The van der Waals surface area contributed by atoms with E-state index < -0.39 is 0 Å². The number of aliphatic hydroxyl groups is 3. The van der Waals surface area contributed by atoms with E-state index in [9.17, 15) is 15.3 Å². The molecule has 1 aromatic rings. The van der Waals surface area contributed by atoms with Crippen molar-refractivity contribution < 1.29 is 20.1 Å². The van der Waals surface area contributed by atoms with Crippen LogP contribution in [0.5, 0.6) is 5.75 Å². The highest BCUT2D eigenvalue weighted by atomic mass is 16.5. The van der Waals surface area contributed by atoms with E-state index >= 15 is 0 Å². The number of hydrogen-bond acceptors (Lipinski definition) is 6. The predicted octanol–water partition coefficient (Wildman–Crippen LogP) is -0.155. The molecule has 112 valence electrons. The highest BCUT2D eigenvalue weighted by molar-refractivity contribution is 5.27. The number of hydrogen-bond donors (Lipinski definition) is 4. The Kier molecular flexibility index (Phi) is 5.31. The Morgan fingerprint density at radius 1 is 1.35 bits per heavy atom. The SMILES string of the molecule is COc1cncc(C(NC(CO)CO)C2CC(O)C2)c1. The summed E-state index contributed by atoms with van der Waals surface area (Å²) in [6, 6.07) is 1.44. The van der Waals surface area contributed by atoms with Crippen molar-refractivity contribution >= 4 is 0 Å². The van der Waals surface area contributed by atoms with Crippen molar-refractivity contribution in [2.24, 2.45) is 5.92 Å². The lowest BCUT2D eigenvalue weighted by Crippen LogP contribution is -2.45. The van der Waals surface area contributed by atoms with Crippen molar-refractivity contribution in [1.82, 2.24) is 10.3 Å². The molecule has 0 spiro atoms. The molecule has 0 bridgehead atoms. The summed E-state index contributed by atoms with van der Waals surface area (Å²) in [7, 11) is 1.58. The van der Waals surface area contributed by atoms with Crippen molar-refractivity contribution in [3.05, 3.63) is 24.0 Å². The van der Waals surface area contributed by atoms with Crippen LogP contribution in [0.25, 0.3) is 0 Å². The molecule has 1 saturated carbocycles. The Hall–Kier alpha value is -1.21. The fourth-order valence-corrected chi connectivity index (χ4v) is 2.54. The van der Waals surface area contributed by atoms with Crippen LogP contribution in [-0.2, 0) is 0 Å². The molecule has 1 fully saturated rings. The van der Waals surface area contributed by atoms with Gasteiger partial charge in [0.15, 0.2) is 0 Å². The second-order valence-electron chi connectivity index (χ2n) is 5.25. The Bertz CT molecular complexity index is 419. The standard InChI is InChI=1S/C14H22N2O4/c1-20-13-4-10(5-15-6-13)14(9-2-12(19)3-9)16-11(7-17)8-18/h4-6,9,11-12,14,16-19H,2-3,7-8H2,1H3. The topological polar surface area (TPSA) is 94.8 Å². The van der Waals surface area contributed by atoms with Crippen LogP contribution in [0.2, 0.25) is 0 Å². The molecule has 1 heterocycles. The Morgan fingerprint density at radius 2 is 2.05 bits per heavy atom. The smallest absolute Gasteiger partial charge is 0.137 e. The van der Waals surface area contributed by atoms with Gasteiger partial charge >= 0.3 is 0 Å². The fraction of sp³-hybridized carbons (Fsp3) is 0.643. The van der Waals surface area contributed by atoms with Crippen LogP contribution < -0.4 is 10.1 Å². The molecular weight excluding hydrogens is 260 g/mol. The van der Waals surface area contributed by atoms with E-state index in [-0.39, 0.29) is 37.3 Å². The summed E-state index contributed by atoms with van der Waals surface area (Å²) in [5.41, 5.74) is 0.938. The maximum absolute atomic E-state index is 9.50. The molecule has 0 radical (unpaired) electrons. The zero-order valence-corrected chi connectivity index (χ0v) is 11.6. The molecule has 20 heavy (non-hydrogen) atoms. The summed E-state index contributed by atoms with van der Waals surface area (Å²) in [5, 5.41) is 31.2. The van der Waals surface area contributed by atoms with Crippen molar-refractivity contribution in [2.75, 3.05) is 20.3 Å². The summed E-state index contributed by atoms with van der Waals surface area (Å²) < 4.78 is 5.18. The lowest BCUT2D eigenvalue weighted by Gasteiger charge is -2.39. The summed E-state index contributed by atoms with van der Waals surface area (Å²) in [6.45, 7) is -0.278. The van der Waals surface area contributed by atoms with Gasteiger partial charge < -0.3 is 25.4 Å². The second kappa shape index (κ2) is 6.99. The fourth-order valence-electron chi connectivity index (χ4n) is 2.54. The zero-order valence-electron chi connectivity index (χ0n) is 11.6. The van der Waals surface area contributed by atoms with Gasteiger partial charge in [-0.25, -0.2) is 0 Å². The van der Waals surface area contributed by atoms with Crippen LogP contribution in [0.3, 0.4) is 0 Å². The van der Waals surface area contributed by atoms with E-state index in [1.807, 2.05) is 6.07 Å². The molecule has 1 aliphatic carbocycles. The monoisotopic (exact) mass is 282 g/mol. The largest absolute Gasteiger partial charge is 0.495 e. The summed E-state index contributed by atoms with van der Waals surface area (Å²) in [5.74, 6) is 0.929. The molecule has 6 nitrogen and oxygen atoms in total. The molecule has 1 unspecified atom stereocenters. The molecule has 6 heteroatoms. The number of methoxy groups -OCH3 is 1. The van der Waals surface area contributed by atoms with E-state index in [1.54, 1.807) is 19.5 Å². The molecule has 2 rings (SSSR count). The third kappa shape index (κ3) is 3.46. The lowest BCUT2D eigenvalue weighted by atomic mass is 9.75.